The Kier molecular flexibility index (Phi) is 2.56. The number of ether oxygens (including phenoxy) is 1. The Balaban J connectivity index is 1.82. The van der Waals surface area contributed by atoms with Gasteiger partial charge in [-0.15, -0.1) is 0 Å². The predicted molar refractivity (Wildman–Crippen MR) is 75.2 cm³/mol. The van der Waals surface area contributed by atoms with Crippen molar-refractivity contribution < 1.29 is 4.74 Å². The van der Waals surface area contributed by atoms with Crippen LogP contribution >= 0.6 is 0 Å². The summed E-state index contributed by atoms with van der Waals surface area (Å²) in [5.41, 5.74) is 8.88. The summed E-state index contributed by atoms with van der Waals surface area (Å²) in [4.78, 5) is 14.8. The minimum absolute atomic E-state index is 0.340. The number of nitrogens with two attached hydrogens (primary N) is 1. The molecule has 2 N–H and O–H groups in total. The minimum Gasteiger partial charge on any atom is -0.383 e. The number of nitrogens with zero attached hydrogens (tertiary/aromatic N) is 4. The highest BCUT2D eigenvalue weighted by Gasteiger charge is 2.40. The topological polar surface area (TPSA) is 77.2 Å². The van der Waals surface area contributed by atoms with Gasteiger partial charge in [0.15, 0.2) is 0 Å². The molecular weight excluding hydrogens is 254 g/mol. The van der Waals surface area contributed by atoms with Crippen LogP contribution < -0.4 is 10.6 Å². The highest BCUT2D eigenvalue weighted by molar-refractivity contribution is 5.84. The number of morpholine rings is 1. The van der Waals surface area contributed by atoms with Crippen molar-refractivity contribution in [2.45, 2.75) is 18.6 Å². The summed E-state index contributed by atoms with van der Waals surface area (Å²) in [5, 5.41) is 0. The second kappa shape index (κ2) is 4.42. The van der Waals surface area contributed by atoms with E-state index in [2.05, 4.69) is 19.9 Å². The first-order valence-electron chi connectivity index (χ1n) is 6.72. The molecule has 2 atom stereocenters. The molecule has 0 saturated carbocycles. The van der Waals surface area contributed by atoms with Crippen molar-refractivity contribution in [3.63, 3.8) is 0 Å². The van der Waals surface area contributed by atoms with Crippen LogP contribution in [0.5, 0.6) is 0 Å². The molecule has 6 nitrogen and oxygen atoms in total. The van der Waals surface area contributed by atoms with Gasteiger partial charge in [0.2, 0.25) is 0 Å². The molecule has 0 amide bonds. The van der Waals surface area contributed by atoms with E-state index in [1.165, 1.54) is 6.33 Å². The number of nitrogen functional groups attached to an aromatic ring is 1. The van der Waals surface area contributed by atoms with Gasteiger partial charge in [-0.05, 0) is 18.6 Å². The van der Waals surface area contributed by atoms with E-state index >= 15 is 0 Å². The number of hydrogen-bond donors (Lipinski definition) is 1. The molecule has 2 bridgehead atoms. The Morgan fingerprint density at radius 2 is 2.20 bits per heavy atom. The fourth-order valence-corrected chi connectivity index (χ4v) is 3.10. The van der Waals surface area contributed by atoms with Gasteiger partial charge in [-0.1, -0.05) is 0 Å². The first-order valence-corrected chi connectivity index (χ1v) is 6.72. The average molecular weight is 269 g/mol. The third-order valence-electron chi connectivity index (χ3n) is 4.01. The van der Waals surface area contributed by atoms with Gasteiger partial charge in [-0.2, -0.15) is 0 Å². The van der Waals surface area contributed by atoms with Gasteiger partial charge in [-0.25, -0.2) is 15.0 Å². The quantitative estimate of drug-likeness (QED) is 0.879. The molecule has 2 fully saturated rings. The van der Waals surface area contributed by atoms with Crippen LogP contribution in [0.3, 0.4) is 0 Å². The molecule has 20 heavy (non-hydrogen) atoms. The molecule has 0 radical (unpaired) electrons. The molecule has 0 aromatic carbocycles. The monoisotopic (exact) mass is 269 g/mol. The number of anilines is 2. The summed E-state index contributed by atoms with van der Waals surface area (Å²) >= 11 is 0. The second-order valence-electron chi connectivity index (χ2n) is 5.18. The summed E-state index contributed by atoms with van der Waals surface area (Å²) in [6.07, 6.45) is 6.43. The number of aromatic nitrogens is 3. The summed E-state index contributed by atoms with van der Waals surface area (Å²) < 4.78 is 5.67. The first-order chi connectivity index (χ1) is 9.83. The van der Waals surface area contributed by atoms with Gasteiger partial charge in [0.05, 0.1) is 35.7 Å². The van der Waals surface area contributed by atoms with E-state index in [4.69, 9.17) is 10.5 Å². The van der Waals surface area contributed by atoms with Crippen LogP contribution in [0.2, 0.25) is 0 Å². The van der Waals surface area contributed by atoms with Crippen LogP contribution in [0.25, 0.3) is 11.3 Å². The predicted octanol–water partition coefficient (Wildman–Crippen LogP) is 1.10. The maximum Gasteiger partial charge on any atom is 0.134 e. The Morgan fingerprint density at radius 1 is 1.25 bits per heavy atom. The van der Waals surface area contributed by atoms with E-state index in [0.29, 0.717) is 18.0 Å². The standard InChI is InChI=1S/C14H15N5O/c15-14-13(11-1-3-16-8-18-11)12(2-4-17-14)19-6-10-5-9(19)7-20-10/h1-4,8-10H,5-7H2,(H2,15,17). The van der Waals surface area contributed by atoms with Crippen molar-refractivity contribution >= 4 is 11.5 Å². The second-order valence-corrected chi connectivity index (χ2v) is 5.18. The molecule has 6 heteroatoms. The summed E-state index contributed by atoms with van der Waals surface area (Å²) in [6, 6.07) is 4.30. The average Bonchev–Trinajstić information content (AvgIpc) is 3.10. The van der Waals surface area contributed by atoms with Crippen molar-refractivity contribution in [1.82, 2.24) is 15.0 Å². The number of fused-ring (bicyclic) bond motifs is 2. The number of hydrogen-bond acceptors (Lipinski definition) is 6. The molecule has 2 aliphatic rings. The van der Waals surface area contributed by atoms with E-state index in [-0.39, 0.29) is 0 Å². The highest BCUT2D eigenvalue weighted by atomic mass is 16.5. The van der Waals surface area contributed by atoms with Crippen LogP contribution in [-0.2, 0) is 4.74 Å². The molecule has 4 heterocycles. The third-order valence-corrected chi connectivity index (χ3v) is 4.01. The van der Waals surface area contributed by atoms with E-state index in [9.17, 15) is 0 Å². The zero-order valence-corrected chi connectivity index (χ0v) is 10.9. The fraction of sp³-hybridized carbons (Fsp3) is 0.357. The lowest BCUT2D eigenvalue weighted by molar-refractivity contribution is 0.0991. The van der Waals surface area contributed by atoms with E-state index in [0.717, 1.165) is 36.5 Å². The Labute approximate surface area is 116 Å². The van der Waals surface area contributed by atoms with Gasteiger partial charge < -0.3 is 15.4 Å². The summed E-state index contributed by atoms with van der Waals surface area (Å²) in [6.45, 7) is 1.70. The fourth-order valence-electron chi connectivity index (χ4n) is 3.10. The Bertz CT molecular complexity index is 633. The molecule has 2 aromatic rings. The molecule has 2 aromatic heterocycles. The van der Waals surface area contributed by atoms with Crippen molar-refractivity contribution in [3.8, 4) is 11.3 Å². The molecule has 2 unspecified atom stereocenters. The number of rotatable bonds is 2. The molecule has 2 saturated heterocycles. The van der Waals surface area contributed by atoms with Gasteiger partial charge in [-0.3, -0.25) is 0 Å². The van der Waals surface area contributed by atoms with Gasteiger partial charge in [0.1, 0.15) is 12.1 Å². The van der Waals surface area contributed by atoms with E-state index < -0.39 is 0 Å². The lowest BCUT2D eigenvalue weighted by atomic mass is 10.1. The molecular formula is C14H15N5O. The molecule has 0 spiro atoms. The van der Waals surface area contributed by atoms with Crippen LogP contribution in [-0.4, -0.2) is 40.2 Å². The van der Waals surface area contributed by atoms with Crippen molar-refractivity contribution in [1.29, 1.82) is 0 Å². The smallest absolute Gasteiger partial charge is 0.134 e. The zero-order valence-electron chi connectivity index (χ0n) is 10.9. The lowest BCUT2D eigenvalue weighted by Gasteiger charge is -2.30. The Morgan fingerprint density at radius 3 is 2.90 bits per heavy atom. The van der Waals surface area contributed by atoms with Crippen LogP contribution in [0, 0.1) is 0 Å². The van der Waals surface area contributed by atoms with Crippen LogP contribution in [0.4, 0.5) is 11.5 Å². The van der Waals surface area contributed by atoms with E-state index in [1.807, 2.05) is 12.1 Å². The van der Waals surface area contributed by atoms with Crippen molar-refractivity contribution in [2.75, 3.05) is 23.8 Å². The highest BCUT2D eigenvalue weighted by Crippen LogP contribution is 2.39. The van der Waals surface area contributed by atoms with Gasteiger partial charge >= 0.3 is 0 Å². The summed E-state index contributed by atoms with van der Waals surface area (Å²) in [5.74, 6) is 0.505. The van der Waals surface area contributed by atoms with Crippen LogP contribution in [0.1, 0.15) is 6.42 Å². The SMILES string of the molecule is Nc1nccc(N2CC3CC2CO3)c1-c1ccncn1. The van der Waals surface area contributed by atoms with Crippen molar-refractivity contribution in [2.24, 2.45) is 0 Å². The Hall–Kier alpha value is -2.21. The van der Waals surface area contributed by atoms with Gasteiger partial charge in [0, 0.05) is 18.9 Å². The van der Waals surface area contributed by atoms with Crippen molar-refractivity contribution in [3.05, 3.63) is 30.9 Å². The van der Waals surface area contributed by atoms with Crippen LogP contribution in [0.15, 0.2) is 30.9 Å². The maximum atomic E-state index is 6.09. The largest absolute Gasteiger partial charge is 0.383 e. The molecule has 2 aliphatic heterocycles. The molecule has 102 valence electrons. The lowest BCUT2D eigenvalue weighted by Crippen LogP contribution is -2.37. The maximum absolute atomic E-state index is 6.09. The minimum atomic E-state index is 0.340. The summed E-state index contributed by atoms with van der Waals surface area (Å²) in [7, 11) is 0. The number of pyridine rings is 1. The zero-order chi connectivity index (χ0) is 13.5. The van der Waals surface area contributed by atoms with Gasteiger partial charge in [0.25, 0.3) is 0 Å². The normalized spacial score (nSPS) is 24.3. The third kappa shape index (κ3) is 1.72. The first kappa shape index (κ1) is 11.6. The molecule has 4 rings (SSSR count). The molecule has 0 aliphatic carbocycles. The van der Waals surface area contributed by atoms with E-state index in [1.54, 1.807) is 12.4 Å².